The molecule has 0 bridgehead atoms. The number of rotatable bonds is 4. The summed E-state index contributed by atoms with van der Waals surface area (Å²) in [5.74, 6) is 3.68. The van der Waals surface area contributed by atoms with Gasteiger partial charge in [-0.25, -0.2) is 0 Å². The van der Waals surface area contributed by atoms with E-state index in [4.69, 9.17) is 0 Å². The molecule has 0 aliphatic heterocycles. The van der Waals surface area contributed by atoms with Gasteiger partial charge in [0.05, 0.1) is 0 Å². The van der Waals surface area contributed by atoms with Gasteiger partial charge in [0.2, 0.25) is 0 Å². The van der Waals surface area contributed by atoms with Gasteiger partial charge in [0, 0.05) is 0 Å². The minimum absolute atomic E-state index is 0.821. The third kappa shape index (κ3) is 4.24. The van der Waals surface area contributed by atoms with Gasteiger partial charge in [-0.3, -0.25) is 0 Å². The molecule has 0 aromatic heterocycles. The van der Waals surface area contributed by atoms with Gasteiger partial charge < -0.3 is 0 Å². The van der Waals surface area contributed by atoms with Crippen molar-refractivity contribution in [2.24, 2.45) is 23.7 Å². The van der Waals surface area contributed by atoms with Crippen molar-refractivity contribution in [3.8, 4) is 0 Å². The molecule has 22 heavy (non-hydrogen) atoms. The molecule has 0 saturated heterocycles. The number of hydrogen-bond donors (Lipinski definition) is 0. The summed E-state index contributed by atoms with van der Waals surface area (Å²) in [7, 11) is 0. The Hall–Kier alpha value is -1.04. The van der Waals surface area contributed by atoms with Gasteiger partial charge in [-0.15, -0.1) is 0 Å². The summed E-state index contributed by atoms with van der Waals surface area (Å²) in [4.78, 5) is 0. The molecule has 0 heteroatoms. The Balaban J connectivity index is 1.42. The van der Waals surface area contributed by atoms with Crippen molar-refractivity contribution in [3.05, 3.63) is 47.5 Å². The molecule has 1 aromatic rings. The highest BCUT2D eigenvalue weighted by atomic mass is 14.3. The first-order valence-electron chi connectivity index (χ1n) is 9.44. The maximum atomic E-state index is 2.55. The van der Waals surface area contributed by atoms with Crippen LogP contribution in [-0.2, 0) is 6.42 Å². The van der Waals surface area contributed by atoms with Crippen LogP contribution in [0.15, 0.2) is 36.4 Å². The lowest BCUT2D eigenvalue weighted by atomic mass is 9.71. The maximum Gasteiger partial charge on any atom is -0.0205 e. The number of allylic oxidation sites excluding steroid dienone is 2. The summed E-state index contributed by atoms with van der Waals surface area (Å²) in [6, 6.07) is 9.13. The van der Waals surface area contributed by atoms with E-state index in [0.29, 0.717) is 0 Å². The second-order valence-corrected chi connectivity index (χ2v) is 7.91. The molecule has 2 aliphatic rings. The van der Waals surface area contributed by atoms with Gasteiger partial charge in [0.15, 0.2) is 0 Å². The molecule has 2 atom stereocenters. The summed E-state index contributed by atoms with van der Waals surface area (Å²) in [5.41, 5.74) is 2.90. The second-order valence-electron chi connectivity index (χ2n) is 7.91. The molecule has 2 unspecified atom stereocenters. The van der Waals surface area contributed by atoms with Crippen LogP contribution in [0.1, 0.15) is 63.0 Å². The van der Waals surface area contributed by atoms with E-state index in [1.807, 2.05) is 0 Å². The lowest BCUT2D eigenvalue weighted by Crippen LogP contribution is -2.23. The largest absolute Gasteiger partial charge is 0.0854 e. The third-order valence-electron chi connectivity index (χ3n) is 6.10. The molecular weight excluding hydrogens is 264 g/mol. The zero-order valence-electron chi connectivity index (χ0n) is 14.4. The van der Waals surface area contributed by atoms with E-state index in [0.717, 1.165) is 23.7 Å². The Kier molecular flexibility index (Phi) is 5.39. The number of benzene rings is 1. The highest BCUT2D eigenvalue weighted by molar-refractivity contribution is 5.21. The molecule has 0 N–H and O–H groups in total. The average molecular weight is 296 g/mol. The van der Waals surface area contributed by atoms with Crippen LogP contribution in [0.2, 0.25) is 0 Å². The van der Waals surface area contributed by atoms with Crippen molar-refractivity contribution < 1.29 is 0 Å². The zero-order valence-corrected chi connectivity index (χ0v) is 14.4. The summed E-state index contributed by atoms with van der Waals surface area (Å²) in [6.45, 7) is 4.53. The van der Waals surface area contributed by atoms with Gasteiger partial charge in [0.25, 0.3) is 0 Å². The predicted molar refractivity (Wildman–Crippen MR) is 96.0 cm³/mol. The fraction of sp³-hybridized carbons (Fsp3) is 0.636. The Morgan fingerprint density at radius 3 is 2.23 bits per heavy atom. The Bertz CT molecular complexity index is 473. The van der Waals surface area contributed by atoms with Crippen molar-refractivity contribution in [2.45, 2.75) is 65.2 Å². The lowest BCUT2D eigenvalue weighted by Gasteiger charge is -2.34. The predicted octanol–water partition coefficient (Wildman–Crippen LogP) is 6.34. The first-order chi connectivity index (χ1) is 10.7. The normalized spacial score (nSPS) is 32.1. The van der Waals surface area contributed by atoms with Gasteiger partial charge in [0.1, 0.15) is 0 Å². The molecule has 1 saturated carbocycles. The standard InChI is InChI=1S/C22H32/c1-17-3-7-19(8-4-17)9-10-20-11-15-22(16-12-20)21-13-5-18(2)6-14-21/h3-5,7-8,13,18,20-22H,6,9-12,14-16H2,1-2H3. The van der Waals surface area contributed by atoms with E-state index in [1.54, 1.807) is 0 Å². The molecule has 0 nitrogen and oxygen atoms in total. The number of hydrogen-bond acceptors (Lipinski definition) is 0. The summed E-state index contributed by atoms with van der Waals surface area (Å²) in [6.07, 6.45) is 16.4. The van der Waals surface area contributed by atoms with Crippen LogP contribution in [0, 0.1) is 30.6 Å². The Morgan fingerprint density at radius 2 is 1.59 bits per heavy atom. The highest BCUT2D eigenvalue weighted by Gasteiger charge is 2.27. The molecule has 0 amide bonds. The van der Waals surface area contributed by atoms with Crippen molar-refractivity contribution in [1.82, 2.24) is 0 Å². The number of aryl methyl sites for hydroxylation is 2. The second kappa shape index (κ2) is 7.49. The van der Waals surface area contributed by atoms with Crippen molar-refractivity contribution in [2.75, 3.05) is 0 Å². The summed E-state index contributed by atoms with van der Waals surface area (Å²) in [5, 5.41) is 0. The van der Waals surface area contributed by atoms with Crippen LogP contribution in [0.3, 0.4) is 0 Å². The Labute approximate surface area is 137 Å². The maximum absolute atomic E-state index is 2.55. The van der Waals surface area contributed by atoms with E-state index in [9.17, 15) is 0 Å². The van der Waals surface area contributed by atoms with Crippen molar-refractivity contribution in [1.29, 1.82) is 0 Å². The molecule has 0 spiro atoms. The topological polar surface area (TPSA) is 0 Å². The Morgan fingerprint density at radius 1 is 0.864 bits per heavy atom. The molecule has 0 radical (unpaired) electrons. The van der Waals surface area contributed by atoms with E-state index in [1.165, 1.54) is 62.5 Å². The molecule has 0 heterocycles. The molecule has 3 rings (SSSR count). The van der Waals surface area contributed by atoms with E-state index in [2.05, 4.69) is 50.3 Å². The van der Waals surface area contributed by atoms with Gasteiger partial charge >= 0.3 is 0 Å². The van der Waals surface area contributed by atoms with Gasteiger partial charge in [-0.05, 0) is 74.7 Å². The first-order valence-corrected chi connectivity index (χ1v) is 9.44. The fourth-order valence-electron chi connectivity index (χ4n) is 4.40. The minimum atomic E-state index is 0.821. The summed E-state index contributed by atoms with van der Waals surface area (Å²) >= 11 is 0. The van der Waals surface area contributed by atoms with Crippen LogP contribution < -0.4 is 0 Å². The van der Waals surface area contributed by atoms with E-state index >= 15 is 0 Å². The molecule has 120 valence electrons. The molecule has 1 aromatic carbocycles. The summed E-state index contributed by atoms with van der Waals surface area (Å²) < 4.78 is 0. The third-order valence-corrected chi connectivity index (χ3v) is 6.10. The monoisotopic (exact) mass is 296 g/mol. The molecule has 2 aliphatic carbocycles. The molecular formula is C22H32. The fourth-order valence-corrected chi connectivity index (χ4v) is 4.40. The lowest BCUT2D eigenvalue weighted by molar-refractivity contribution is 0.207. The highest BCUT2D eigenvalue weighted by Crippen LogP contribution is 2.39. The first kappa shape index (κ1) is 15.8. The van der Waals surface area contributed by atoms with E-state index in [-0.39, 0.29) is 0 Å². The smallest absolute Gasteiger partial charge is 0.0205 e. The van der Waals surface area contributed by atoms with Crippen molar-refractivity contribution >= 4 is 0 Å². The molecule has 1 fully saturated rings. The van der Waals surface area contributed by atoms with E-state index < -0.39 is 0 Å². The van der Waals surface area contributed by atoms with Crippen LogP contribution in [0.5, 0.6) is 0 Å². The average Bonchev–Trinajstić information content (AvgIpc) is 2.56. The minimum Gasteiger partial charge on any atom is -0.0854 e. The van der Waals surface area contributed by atoms with Crippen LogP contribution >= 0.6 is 0 Å². The van der Waals surface area contributed by atoms with Crippen LogP contribution in [-0.4, -0.2) is 0 Å². The zero-order chi connectivity index (χ0) is 15.4. The van der Waals surface area contributed by atoms with Gasteiger partial charge in [-0.1, -0.05) is 61.7 Å². The van der Waals surface area contributed by atoms with Crippen LogP contribution in [0.4, 0.5) is 0 Å². The SMILES string of the molecule is Cc1ccc(CCC2CCC(C3C=CC(C)CC3)CC2)cc1. The van der Waals surface area contributed by atoms with Gasteiger partial charge in [-0.2, -0.15) is 0 Å². The van der Waals surface area contributed by atoms with Crippen molar-refractivity contribution in [3.63, 3.8) is 0 Å². The quantitative estimate of drug-likeness (QED) is 0.569. The van der Waals surface area contributed by atoms with Crippen LogP contribution in [0.25, 0.3) is 0 Å².